The van der Waals surface area contributed by atoms with Crippen molar-refractivity contribution in [3.63, 3.8) is 0 Å². The van der Waals surface area contributed by atoms with Crippen molar-refractivity contribution in [2.75, 3.05) is 6.54 Å². The van der Waals surface area contributed by atoms with Gasteiger partial charge >= 0.3 is 0 Å². The van der Waals surface area contributed by atoms with E-state index in [0.29, 0.717) is 0 Å². The molecule has 0 bridgehead atoms. The Morgan fingerprint density at radius 2 is 1.82 bits per heavy atom. The Kier molecular flexibility index (Phi) is 4.59. The first-order chi connectivity index (χ1) is 7.75. The van der Waals surface area contributed by atoms with Crippen LogP contribution in [0.15, 0.2) is 0 Å². The Balaban J connectivity index is 2.42. The van der Waals surface area contributed by atoms with Crippen LogP contribution in [0.25, 0.3) is 0 Å². The van der Waals surface area contributed by atoms with Gasteiger partial charge < -0.3 is 11.1 Å². The van der Waals surface area contributed by atoms with Crippen LogP contribution in [-0.4, -0.2) is 18.5 Å². The van der Waals surface area contributed by atoms with Gasteiger partial charge in [-0.3, -0.25) is 4.79 Å². The van der Waals surface area contributed by atoms with Crippen molar-refractivity contribution < 1.29 is 4.79 Å². The second kappa shape index (κ2) is 5.38. The fourth-order valence-corrected chi connectivity index (χ4v) is 2.39. The molecule has 0 radical (unpaired) electrons. The second-order valence-electron chi connectivity index (χ2n) is 6.93. The SMILES string of the molecule is CC1(CNC(=O)C(N)C(C)(C)C)CCCCC1. The third-order valence-corrected chi connectivity index (χ3v) is 3.97. The maximum Gasteiger partial charge on any atom is 0.237 e. The zero-order valence-corrected chi connectivity index (χ0v) is 11.8. The van der Waals surface area contributed by atoms with E-state index < -0.39 is 6.04 Å². The predicted octanol–water partition coefficient (Wildman–Crippen LogP) is 2.45. The summed E-state index contributed by atoms with van der Waals surface area (Å²) in [5.41, 5.74) is 6.06. The van der Waals surface area contributed by atoms with E-state index in [1.807, 2.05) is 20.8 Å². The molecule has 3 nitrogen and oxygen atoms in total. The Morgan fingerprint density at radius 3 is 2.29 bits per heavy atom. The third kappa shape index (κ3) is 4.30. The molecule has 1 rings (SSSR count). The van der Waals surface area contributed by atoms with Crippen molar-refractivity contribution >= 4 is 5.91 Å². The van der Waals surface area contributed by atoms with Gasteiger partial charge in [-0.05, 0) is 23.7 Å². The third-order valence-electron chi connectivity index (χ3n) is 3.97. The largest absolute Gasteiger partial charge is 0.354 e. The van der Waals surface area contributed by atoms with Crippen LogP contribution < -0.4 is 11.1 Å². The molecule has 0 aromatic carbocycles. The zero-order chi connectivity index (χ0) is 13.1. The zero-order valence-electron chi connectivity index (χ0n) is 11.8. The smallest absolute Gasteiger partial charge is 0.237 e. The number of nitrogens with one attached hydrogen (secondary N) is 1. The minimum atomic E-state index is -0.422. The van der Waals surface area contributed by atoms with Gasteiger partial charge in [-0.2, -0.15) is 0 Å². The highest BCUT2D eigenvalue weighted by atomic mass is 16.2. The van der Waals surface area contributed by atoms with Crippen molar-refractivity contribution in [2.24, 2.45) is 16.6 Å². The normalized spacial score (nSPS) is 21.9. The first-order valence-corrected chi connectivity index (χ1v) is 6.78. The van der Waals surface area contributed by atoms with Crippen molar-refractivity contribution in [3.8, 4) is 0 Å². The van der Waals surface area contributed by atoms with Gasteiger partial charge in [0.2, 0.25) is 5.91 Å². The summed E-state index contributed by atoms with van der Waals surface area (Å²) in [7, 11) is 0. The van der Waals surface area contributed by atoms with Crippen LogP contribution in [0.3, 0.4) is 0 Å². The summed E-state index contributed by atoms with van der Waals surface area (Å²) in [6.07, 6.45) is 6.36. The molecule has 1 fully saturated rings. The molecule has 0 aliphatic heterocycles. The minimum absolute atomic E-state index is 0.00991. The summed E-state index contributed by atoms with van der Waals surface area (Å²) in [6.45, 7) is 9.05. The minimum Gasteiger partial charge on any atom is -0.354 e. The Hall–Kier alpha value is -0.570. The summed E-state index contributed by atoms with van der Waals surface area (Å²) < 4.78 is 0. The van der Waals surface area contributed by atoms with Gasteiger partial charge in [0.25, 0.3) is 0 Å². The lowest BCUT2D eigenvalue weighted by Gasteiger charge is -2.35. The van der Waals surface area contributed by atoms with E-state index in [1.54, 1.807) is 0 Å². The summed E-state index contributed by atoms with van der Waals surface area (Å²) >= 11 is 0. The number of hydrogen-bond acceptors (Lipinski definition) is 2. The molecule has 0 spiro atoms. The average molecular weight is 240 g/mol. The van der Waals surface area contributed by atoms with Crippen LogP contribution in [0, 0.1) is 10.8 Å². The van der Waals surface area contributed by atoms with Gasteiger partial charge in [0.05, 0.1) is 6.04 Å². The van der Waals surface area contributed by atoms with Crippen LogP contribution in [0.2, 0.25) is 0 Å². The molecule has 3 N–H and O–H groups in total. The molecule has 1 aliphatic rings. The fraction of sp³-hybridized carbons (Fsp3) is 0.929. The number of nitrogens with two attached hydrogens (primary N) is 1. The van der Waals surface area contributed by atoms with Crippen LogP contribution in [0.1, 0.15) is 59.8 Å². The molecule has 0 aromatic heterocycles. The molecule has 0 saturated heterocycles. The van der Waals surface area contributed by atoms with Gasteiger partial charge in [0, 0.05) is 6.54 Å². The Labute approximate surface area is 106 Å². The number of carbonyl (C=O) groups is 1. The molecular formula is C14H28N2O. The first kappa shape index (κ1) is 14.5. The van der Waals surface area contributed by atoms with Crippen molar-refractivity contribution in [2.45, 2.75) is 65.8 Å². The maximum absolute atomic E-state index is 11.9. The van der Waals surface area contributed by atoms with E-state index in [0.717, 1.165) is 6.54 Å². The molecule has 1 amide bonds. The van der Waals surface area contributed by atoms with Crippen LogP contribution in [0.5, 0.6) is 0 Å². The molecule has 100 valence electrons. The number of hydrogen-bond donors (Lipinski definition) is 2. The molecule has 3 heteroatoms. The summed E-state index contributed by atoms with van der Waals surface area (Å²) in [4.78, 5) is 11.9. The van der Waals surface area contributed by atoms with Gasteiger partial charge in [0.15, 0.2) is 0 Å². The fourth-order valence-electron chi connectivity index (χ4n) is 2.39. The molecule has 1 saturated carbocycles. The average Bonchev–Trinajstić information content (AvgIpc) is 2.25. The van der Waals surface area contributed by atoms with E-state index in [-0.39, 0.29) is 16.7 Å². The monoisotopic (exact) mass is 240 g/mol. The molecule has 0 heterocycles. The lowest BCUT2D eigenvalue weighted by molar-refractivity contribution is -0.125. The van der Waals surface area contributed by atoms with Crippen LogP contribution >= 0.6 is 0 Å². The summed E-state index contributed by atoms with van der Waals surface area (Å²) in [5.74, 6) is -0.00991. The lowest BCUT2D eigenvalue weighted by Crippen LogP contribution is -2.50. The van der Waals surface area contributed by atoms with E-state index in [2.05, 4.69) is 12.2 Å². The quantitative estimate of drug-likeness (QED) is 0.796. The molecule has 1 unspecified atom stereocenters. The number of amides is 1. The summed E-state index contributed by atoms with van der Waals surface area (Å²) in [5, 5.41) is 3.04. The van der Waals surface area contributed by atoms with Crippen LogP contribution in [0.4, 0.5) is 0 Å². The van der Waals surface area contributed by atoms with Gasteiger partial charge in [-0.1, -0.05) is 47.0 Å². The van der Waals surface area contributed by atoms with E-state index in [4.69, 9.17) is 5.73 Å². The maximum atomic E-state index is 11.9. The summed E-state index contributed by atoms with van der Waals surface area (Å²) in [6, 6.07) is -0.422. The highest BCUT2D eigenvalue weighted by molar-refractivity contribution is 5.82. The van der Waals surface area contributed by atoms with Crippen LogP contribution in [-0.2, 0) is 4.79 Å². The molecule has 17 heavy (non-hydrogen) atoms. The topological polar surface area (TPSA) is 55.1 Å². The molecule has 1 aliphatic carbocycles. The van der Waals surface area contributed by atoms with E-state index in [9.17, 15) is 4.79 Å². The Bertz CT molecular complexity index is 262. The van der Waals surface area contributed by atoms with E-state index >= 15 is 0 Å². The Morgan fingerprint density at radius 1 is 1.29 bits per heavy atom. The van der Waals surface area contributed by atoms with Crippen molar-refractivity contribution in [1.82, 2.24) is 5.32 Å². The van der Waals surface area contributed by atoms with Crippen molar-refractivity contribution in [3.05, 3.63) is 0 Å². The number of rotatable bonds is 3. The van der Waals surface area contributed by atoms with Gasteiger partial charge in [-0.15, -0.1) is 0 Å². The lowest BCUT2D eigenvalue weighted by atomic mass is 9.75. The molecule has 1 atom stereocenters. The highest BCUT2D eigenvalue weighted by Crippen LogP contribution is 2.35. The second-order valence-corrected chi connectivity index (χ2v) is 6.93. The first-order valence-electron chi connectivity index (χ1n) is 6.78. The van der Waals surface area contributed by atoms with Crippen molar-refractivity contribution in [1.29, 1.82) is 0 Å². The molecule has 0 aromatic rings. The van der Waals surface area contributed by atoms with Gasteiger partial charge in [-0.25, -0.2) is 0 Å². The standard InChI is InChI=1S/C14H28N2O/c1-13(2,3)11(15)12(17)16-10-14(4)8-6-5-7-9-14/h11H,5-10,15H2,1-4H3,(H,16,17). The molecular weight excluding hydrogens is 212 g/mol. The highest BCUT2D eigenvalue weighted by Gasteiger charge is 2.31. The predicted molar refractivity (Wildman–Crippen MR) is 71.6 cm³/mol. The number of carbonyl (C=O) groups excluding carboxylic acids is 1. The van der Waals surface area contributed by atoms with E-state index in [1.165, 1.54) is 32.1 Å². The van der Waals surface area contributed by atoms with Gasteiger partial charge in [0.1, 0.15) is 0 Å².